The Morgan fingerprint density at radius 2 is 1.68 bits per heavy atom. The third-order valence-corrected chi connectivity index (χ3v) is 6.09. The molecule has 0 fully saturated rings. The lowest BCUT2D eigenvalue weighted by Gasteiger charge is -2.16. The fourth-order valence-corrected chi connectivity index (χ4v) is 4.08. The largest absolute Gasteiger partial charge is 0.497 e. The molecule has 0 radical (unpaired) electrons. The molecule has 0 aromatic heterocycles. The summed E-state index contributed by atoms with van der Waals surface area (Å²) in [7, 11) is -0.453. The summed E-state index contributed by atoms with van der Waals surface area (Å²) in [5.74, 6) is 1.17. The quantitative estimate of drug-likeness (QED) is 0.390. The van der Waals surface area contributed by atoms with E-state index in [1.165, 1.54) is 6.07 Å². The number of thioether (sulfide) groups is 1. The highest BCUT2D eigenvalue weighted by atomic mass is 32.2. The zero-order chi connectivity index (χ0) is 24.7. The Bertz CT molecular complexity index is 1260. The molecule has 0 aliphatic heterocycles. The van der Waals surface area contributed by atoms with Gasteiger partial charge in [0.25, 0.3) is 5.91 Å². The maximum absolute atomic E-state index is 12.7. The monoisotopic (exact) mass is 502 g/mol. The van der Waals surface area contributed by atoms with Crippen molar-refractivity contribution >= 4 is 39.1 Å². The van der Waals surface area contributed by atoms with Crippen molar-refractivity contribution in [3.63, 3.8) is 0 Å². The Morgan fingerprint density at radius 3 is 2.29 bits per heavy atom. The molecule has 0 unspecified atom stereocenters. The summed E-state index contributed by atoms with van der Waals surface area (Å²) in [6.45, 7) is 0.0758. The number of amides is 1. The minimum Gasteiger partial charge on any atom is -0.497 e. The van der Waals surface area contributed by atoms with Gasteiger partial charge in [0.2, 0.25) is 10.0 Å². The third kappa shape index (κ3) is 6.82. The van der Waals surface area contributed by atoms with Gasteiger partial charge in [-0.05, 0) is 60.9 Å². The average molecular weight is 503 g/mol. The first-order chi connectivity index (χ1) is 16.2. The predicted octanol–water partition coefficient (Wildman–Crippen LogP) is 4.63. The normalized spacial score (nSPS) is 10.9. The smallest absolute Gasteiger partial charge is 0.255 e. The Kier molecular flexibility index (Phi) is 8.30. The van der Waals surface area contributed by atoms with E-state index in [4.69, 9.17) is 14.2 Å². The Morgan fingerprint density at radius 1 is 0.941 bits per heavy atom. The van der Waals surface area contributed by atoms with Crippen LogP contribution in [0.25, 0.3) is 0 Å². The molecule has 0 aliphatic carbocycles. The number of nitrogens with one attached hydrogen (secondary N) is 2. The molecule has 3 aromatic carbocycles. The van der Waals surface area contributed by atoms with E-state index < -0.39 is 10.0 Å². The molecule has 3 rings (SSSR count). The van der Waals surface area contributed by atoms with E-state index in [0.29, 0.717) is 28.3 Å². The van der Waals surface area contributed by atoms with Crippen molar-refractivity contribution in [3.8, 4) is 17.2 Å². The van der Waals surface area contributed by atoms with Gasteiger partial charge in [-0.15, -0.1) is 11.8 Å². The van der Waals surface area contributed by atoms with Crippen LogP contribution in [-0.4, -0.2) is 41.1 Å². The molecule has 0 saturated heterocycles. The number of hydrogen-bond acceptors (Lipinski definition) is 7. The summed E-state index contributed by atoms with van der Waals surface area (Å²) < 4.78 is 42.7. The van der Waals surface area contributed by atoms with Crippen LogP contribution in [-0.2, 0) is 16.6 Å². The molecule has 0 heterocycles. The number of rotatable bonds is 10. The fraction of sp³-hybridized carbons (Fsp3) is 0.208. The van der Waals surface area contributed by atoms with E-state index in [9.17, 15) is 13.2 Å². The van der Waals surface area contributed by atoms with Crippen LogP contribution < -0.4 is 24.2 Å². The van der Waals surface area contributed by atoms with Crippen molar-refractivity contribution in [1.82, 2.24) is 0 Å². The van der Waals surface area contributed by atoms with Crippen LogP contribution in [0.3, 0.4) is 0 Å². The maximum atomic E-state index is 12.7. The van der Waals surface area contributed by atoms with Crippen LogP contribution in [0.5, 0.6) is 17.2 Å². The van der Waals surface area contributed by atoms with E-state index in [2.05, 4.69) is 10.0 Å². The number of hydrogen-bond donors (Lipinski definition) is 2. The fourth-order valence-electron chi connectivity index (χ4n) is 3.10. The molecule has 0 aliphatic rings. The molecule has 34 heavy (non-hydrogen) atoms. The number of carbonyl (C=O) groups is 1. The van der Waals surface area contributed by atoms with Gasteiger partial charge in [0.1, 0.15) is 23.9 Å². The summed E-state index contributed by atoms with van der Waals surface area (Å²) >= 11 is 1.59. The number of ether oxygens (including phenoxy) is 3. The SMILES string of the molecule is COc1ccc(OC)c(COc2cc(NC(=O)c3ccc(SC)cc3)ccc2NS(C)(=O)=O)c1. The van der Waals surface area contributed by atoms with Crippen LogP contribution in [0.4, 0.5) is 11.4 Å². The van der Waals surface area contributed by atoms with E-state index in [1.807, 2.05) is 18.4 Å². The van der Waals surface area contributed by atoms with Crippen LogP contribution in [0.2, 0.25) is 0 Å². The molecule has 2 N–H and O–H groups in total. The number of carbonyl (C=O) groups excluding carboxylic acids is 1. The Balaban J connectivity index is 1.86. The van der Waals surface area contributed by atoms with Crippen LogP contribution in [0.15, 0.2) is 65.6 Å². The van der Waals surface area contributed by atoms with Gasteiger partial charge in [0.05, 0.1) is 26.2 Å². The van der Waals surface area contributed by atoms with Crippen molar-refractivity contribution in [2.45, 2.75) is 11.5 Å². The lowest BCUT2D eigenvalue weighted by molar-refractivity contribution is 0.102. The van der Waals surface area contributed by atoms with Crippen molar-refractivity contribution in [1.29, 1.82) is 0 Å². The first-order valence-electron chi connectivity index (χ1n) is 10.1. The molecule has 0 atom stereocenters. The Hall–Kier alpha value is -3.37. The number of anilines is 2. The van der Waals surface area contributed by atoms with E-state index in [0.717, 1.165) is 11.2 Å². The van der Waals surface area contributed by atoms with Crippen molar-refractivity contribution in [2.24, 2.45) is 0 Å². The van der Waals surface area contributed by atoms with Gasteiger partial charge in [0.15, 0.2) is 0 Å². The molecule has 1 amide bonds. The van der Waals surface area contributed by atoms with Gasteiger partial charge in [0, 0.05) is 27.8 Å². The first-order valence-corrected chi connectivity index (χ1v) is 13.2. The van der Waals surface area contributed by atoms with E-state index in [-0.39, 0.29) is 24.0 Å². The molecule has 0 saturated carbocycles. The summed E-state index contributed by atoms with van der Waals surface area (Å²) in [5.41, 5.74) is 1.90. The van der Waals surface area contributed by atoms with Crippen molar-refractivity contribution in [2.75, 3.05) is 36.8 Å². The third-order valence-electron chi connectivity index (χ3n) is 4.76. The van der Waals surface area contributed by atoms with Gasteiger partial charge < -0.3 is 19.5 Å². The number of methoxy groups -OCH3 is 2. The van der Waals surface area contributed by atoms with Crippen LogP contribution >= 0.6 is 11.8 Å². The molecular weight excluding hydrogens is 476 g/mol. The zero-order valence-electron chi connectivity index (χ0n) is 19.2. The lowest BCUT2D eigenvalue weighted by Crippen LogP contribution is -2.13. The van der Waals surface area contributed by atoms with Gasteiger partial charge >= 0.3 is 0 Å². The number of sulfonamides is 1. The molecule has 10 heteroatoms. The standard InChI is InChI=1S/C24H26N2O6S2/c1-30-19-8-12-22(31-2)17(13-19)15-32-23-14-18(7-11-21(23)26-34(4,28)29)25-24(27)16-5-9-20(33-3)10-6-16/h5-14,26H,15H2,1-4H3,(H,25,27). The minimum absolute atomic E-state index is 0.0758. The molecule has 0 spiro atoms. The predicted molar refractivity (Wildman–Crippen MR) is 135 cm³/mol. The second kappa shape index (κ2) is 11.2. The summed E-state index contributed by atoms with van der Waals surface area (Å²) in [6.07, 6.45) is 3.01. The van der Waals surface area contributed by atoms with E-state index >= 15 is 0 Å². The minimum atomic E-state index is -3.56. The zero-order valence-corrected chi connectivity index (χ0v) is 20.9. The van der Waals surface area contributed by atoms with Crippen molar-refractivity contribution < 1.29 is 27.4 Å². The highest BCUT2D eigenvalue weighted by Crippen LogP contribution is 2.32. The molecule has 3 aromatic rings. The second-order valence-electron chi connectivity index (χ2n) is 7.23. The topological polar surface area (TPSA) is 103 Å². The van der Waals surface area contributed by atoms with Crippen LogP contribution in [0, 0.1) is 0 Å². The summed E-state index contributed by atoms with van der Waals surface area (Å²) in [6, 6.07) is 17.2. The van der Waals surface area contributed by atoms with Crippen LogP contribution in [0.1, 0.15) is 15.9 Å². The first kappa shape index (κ1) is 25.3. The maximum Gasteiger partial charge on any atom is 0.255 e. The molecular formula is C24H26N2O6S2. The Labute approximate surface area is 203 Å². The lowest BCUT2D eigenvalue weighted by atomic mass is 10.2. The van der Waals surface area contributed by atoms with Gasteiger partial charge in [-0.1, -0.05) is 0 Å². The number of benzene rings is 3. The van der Waals surface area contributed by atoms with Gasteiger partial charge in [-0.2, -0.15) is 0 Å². The van der Waals surface area contributed by atoms with Gasteiger partial charge in [-0.3, -0.25) is 9.52 Å². The second-order valence-corrected chi connectivity index (χ2v) is 9.86. The summed E-state index contributed by atoms with van der Waals surface area (Å²) in [4.78, 5) is 13.7. The van der Waals surface area contributed by atoms with Gasteiger partial charge in [-0.25, -0.2) is 8.42 Å². The highest BCUT2D eigenvalue weighted by Gasteiger charge is 2.14. The van der Waals surface area contributed by atoms with Crippen molar-refractivity contribution in [3.05, 3.63) is 71.8 Å². The molecule has 0 bridgehead atoms. The molecule has 180 valence electrons. The van der Waals surface area contributed by atoms with E-state index in [1.54, 1.807) is 68.4 Å². The average Bonchev–Trinajstić information content (AvgIpc) is 2.83. The highest BCUT2D eigenvalue weighted by molar-refractivity contribution is 7.98. The molecule has 8 nitrogen and oxygen atoms in total. The summed E-state index contributed by atoms with van der Waals surface area (Å²) in [5, 5.41) is 2.82.